The second-order valence-electron chi connectivity index (χ2n) is 5.47. The standard InChI is InChI=1S/C19H20O2/c20-18-13-10-16-7-5-3-1-2-4-6-15-8-11-17(12-9-15)21-19(18)14-16/h3,5,8-14,20H,1-2,4,6-7H2/b5-3+. The van der Waals surface area contributed by atoms with Crippen molar-refractivity contribution >= 4 is 0 Å². The summed E-state index contributed by atoms with van der Waals surface area (Å²) in [5.41, 5.74) is 2.48. The minimum atomic E-state index is 0.177. The number of allylic oxidation sites excluding steroid dienone is 2. The van der Waals surface area contributed by atoms with E-state index in [1.165, 1.54) is 18.4 Å². The van der Waals surface area contributed by atoms with Crippen molar-refractivity contribution in [1.82, 2.24) is 0 Å². The second-order valence-corrected chi connectivity index (χ2v) is 5.47. The van der Waals surface area contributed by atoms with Gasteiger partial charge in [-0.25, -0.2) is 0 Å². The average Bonchev–Trinajstić information content (AvgIpc) is 2.51. The normalized spacial score (nSPS) is 16.6. The topological polar surface area (TPSA) is 29.5 Å². The van der Waals surface area contributed by atoms with Crippen LogP contribution in [0.15, 0.2) is 54.6 Å². The molecule has 0 spiro atoms. The highest BCUT2D eigenvalue weighted by molar-refractivity contribution is 5.45. The van der Waals surface area contributed by atoms with Gasteiger partial charge in [0, 0.05) is 0 Å². The van der Waals surface area contributed by atoms with Crippen LogP contribution < -0.4 is 4.74 Å². The quantitative estimate of drug-likeness (QED) is 0.687. The van der Waals surface area contributed by atoms with E-state index in [9.17, 15) is 5.11 Å². The van der Waals surface area contributed by atoms with Gasteiger partial charge in [-0.05, 0) is 67.5 Å². The number of aromatic hydroxyl groups is 1. The van der Waals surface area contributed by atoms with E-state index in [-0.39, 0.29) is 5.75 Å². The Balaban J connectivity index is 1.92. The molecule has 0 saturated carbocycles. The summed E-state index contributed by atoms with van der Waals surface area (Å²) in [5.74, 6) is 1.45. The summed E-state index contributed by atoms with van der Waals surface area (Å²) in [5, 5.41) is 9.94. The zero-order valence-electron chi connectivity index (χ0n) is 12.1. The first-order chi connectivity index (χ1) is 10.3. The van der Waals surface area contributed by atoms with Crippen molar-refractivity contribution < 1.29 is 9.84 Å². The smallest absolute Gasteiger partial charge is 0.169 e. The number of ether oxygens (including phenoxy) is 1. The number of rotatable bonds is 0. The van der Waals surface area contributed by atoms with Crippen LogP contribution in [0.5, 0.6) is 17.2 Å². The van der Waals surface area contributed by atoms with E-state index in [0.717, 1.165) is 30.6 Å². The first-order valence-corrected chi connectivity index (χ1v) is 7.55. The van der Waals surface area contributed by atoms with Gasteiger partial charge in [0.05, 0.1) is 0 Å². The van der Waals surface area contributed by atoms with Gasteiger partial charge >= 0.3 is 0 Å². The highest BCUT2D eigenvalue weighted by atomic mass is 16.5. The third kappa shape index (κ3) is 3.66. The van der Waals surface area contributed by atoms with Crippen molar-refractivity contribution in [3.05, 3.63) is 65.7 Å². The molecular weight excluding hydrogens is 260 g/mol. The lowest BCUT2D eigenvalue weighted by Gasteiger charge is -2.09. The van der Waals surface area contributed by atoms with Gasteiger partial charge in [0.15, 0.2) is 11.5 Å². The van der Waals surface area contributed by atoms with Crippen LogP contribution in [0.25, 0.3) is 0 Å². The molecule has 4 rings (SSSR count). The molecule has 21 heavy (non-hydrogen) atoms. The zero-order valence-corrected chi connectivity index (χ0v) is 12.1. The van der Waals surface area contributed by atoms with E-state index < -0.39 is 0 Å². The van der Waals surface area contributed by atoms with Gasteiger partial charge in [-0.3, -0.25) is 0 Å². The molecule has 0 aromatic heterocycles. The molecule has 0 saturated heterocycles. The van der Waals surface area contributed by atoms with Crippen molar-refractivity contribution in [2.45, 2.75) is 32.1 Å². The average molecular weight is 280 g/mol. The number of phenols is 1. The van der Waals surface area contributed by atoms with E-state index in [0.29, 0.717) is 5.75 Å². The number of hydrogen-bond donors (Lipinski definition) is 1. The molecule has 2 heteroatoms. The summed E-state index contributed by atoms with van der Waals surface area (Å²) in [6.45, 7) is 0. The molecule has 0 aliphatic carbocycles. The number of aryl methyl sites for hydroxylation is 1. The fraction of sp³-hybridized carbons (Fsp3) is 0.263. The van der Waals surface area contributed by atoms with Crippen molar-refractivity contribution in [1.29, 1.82) is 0 Å². The van der Waals surface area contributed by atoms with E-state index in [1.54, 1.807) is 6.07 Å². The van der Waals surface area contributed by atoms with Crippen molar-refractivity contribution in [2.24, 2.45) is 0 Å². The van der Waals surface area contributed by atoms with Gasteiger partial charge < -0.3 is 9.84 Å². The van der Waals surface area contributed by atoms with Gasteiger partial charge in [0.2, 0.25) is 0 Å². The molecule has 1 N–H and O–H groups in total. The van der Waals surface area contributed by atoms with Crippen LogP contribution in [-0.2, 0) is 12.8 Å². The summed E-state index contributed by atoms with van der Waals surface area (Å²) in [7, 11) is 0. The van der Waals surface area contributed by atoms with Gasteiger partial charge in [0.1, 0.15) is 5.75 Å². The van der Waals surface area contributed by atoms with E-state index in [4.69, 9.17) is 4.74 Å². The van der Waals surface area contributed by atoms with E-state index in [1.807, 2.05) is 24.3 Å². The van der Waals surface area contributed by atoms with Gasteiger partial charge in [-0.15, -0.1) is 0 Å². The van der Waals surface area contributed by atoms with Crippen LogP contribution in [0.3, 0.4) is 0 Å². The Labute approximate surface area is 125 Å². The molecular formula is C19H20O2. The van der Waals surface area contributed by atoms with Gasteiger partial charge in [-0.2, -0.15) is 0 Å². The molecule has 108 valence electrons. The molecule has 0 radical (unpaired) electrons. The Kier molecular flexibility index (Phi) is 4.25. The number of benzene rings is 2. The highest BCUT2D eigenvalue weighted by Gasteiger charge is 2.06. The van der Waals surface area contributed by atoms with Gasteiger partial charge in [0.25, 0.3) is 0 Å². The largest absolute Gasteiger partial charge is 0.504 e. The first kappa shape index (κ1) is 13.7. The summed E-state index contributed by atoms with van der Waals surface area (Å²) in [4.78, 5) is 0. The predicted octanol–water partition coefficient (Wildman–Crippen LogP) is 5.01. The van der Waals surface area contributed by atoms with Crippen LogP contribution in [0, 0.1) is 0 Å². The zero-order chi connectivity index (χ0) is 14.5. The van der Waals surface area contributed by atoms with Crippen LogP contribution in [0.4, 0.5) is 0 Å². The second kappa shape index (κ2) is 6.49. The summed E-state index contributed by atoms with van der Waals surface area (Å²) in [6, 6.07) is 13.7. The molecule has 2 aliphatic rings. The molecule has 2 aromatic carbocycles. The summed E-state index contributed by atoms with van der Waals surface area (Å²) < 4.78 is 5.80. The fourth-order valence-corrected chi connectivity index (χ4v) is 2.55. The number of fused-ring (bicyclic) bond motifs is 7. The molecule has 4 bridgehead atoms. The van der Waals surface area contributed by atoms with Crippen LogP contribution in [-0.4, -0.2) is 5.11 Å². The first-order valence-electron chi connectivity index (χ1n) is 7.55. The summed E-state index contributed by atoms with van der Waals surface area (Å²) in [6.07, 6.45) is 9.97. The lowest BCUT2D eigenvalue weighted by molar-refractivity contribution is 0.411. The third-order valence-corrected chi connectivity index (χ3v) is 3.78. The Morgan fingerprint density at radius 3 is 2.52 bits per heavy atom. The number of hydrogen-bond acceptors (Lipinski definition) is 2. The Bertz CT molecular complexity index is 627. The maximum atomic E-state index is 9.94. The van der Waals surface area contributed by atoms with E-state index >= 15 is 0 Å². The van der Waals surface area contributed by atoms with Crippen molar-refractivity contribution in [3.8, 4) is 17.2 Å². The van der Waals surface area contributed by atoms with Crippen LogP contribution in [0.2, 0.25) is 0 Å². The SMILES string of the molecule is Oc1ccc2cc1Oc1ccc(cc1)CCCC/C=C/C2. The Morgan fingerprint density at radius 2 is 1.67 bits per heavy atom. The van der Waals surface area contributed by atoms with Crippen molar-refractivity contribution in [2.75, 3.05) is 0 Å². The van der Waals surface area contributed by atoms with Crippen molar-refractivity contribution in [3.63, 3.8) is 0 Å². The van der Waals surface area contributed by atoms with Gasteiger partial charge in [-0.1, -0.05) is 30.4 Å². The molecule has 0 amide bonds. The minimum Gasteiger partial charge on any atom is -0.504 e. The Morgan fingerprint density at radius 1 is 0.857 bits per heavy atom. The van der Waals surface area contributed by atoms with Crippen LogP contribution in [0.1, 0.15) is 30.4 Å². The molecule has 0 fully saturated rings. The molecule has 2 aliphatic heterocycles. The lowest BCUT2D eigenvalue weighted by Crippen LogP contribution is -1.89. The predicted molar refractivity (Wildman–Crippen MR) is 85.0 cm³/mol. The minimum absolute atomic E-state index is 0.177. The molecule has 0 unspecified atom stereocenters. The monoisotopic (exact) mass is 280 g/mol. The lowest BCUT2D eigenvalue weighted by atomic mass is 10.1. The fourth-order valence-electron chi connectivity index (χ4n) is 2.55. The maximum absolute atomic E-state index is 9.94. The third-order valence-electron chi connectivity index (χ3n) is 3.78. The van der Waals surface area contributed by atoms with E-state index in [2.05, 4.69) is 24.3 Å². The Hall–Kier alpha value is -2.22. The highest BCUT2D eigenvalue weighted by Crippen LogP contribution is 2.32. The summed E-state index contributed by atoms with van der Waals surface area (Å²) >= 11 is 0. The molecule has 0 atom stereocenters. The molecule has 2 heterocycles. The molecule has 2 aromatic rings. The maximum Gasteiger partial charge on any atom is 0.169 e. The molecule has 2 nitrogen and oxygen atoms in total. The van der Waals surface area contributed by atoms with Crippen LogP contribution >= 0.6 is 0 Å². The number of phenolic OH excluding ortho intramolecular Hbond substituents is 1.